The fraction of sp³-hybridized carbons (Fsp3) is 0.647. The molecule has 9 nitrogen and oxygen atoms in total. The number of amides is 3. The lowest BCUT2D eigenvalue weighted by Gasteiger charge is -2.35. The first kappa shape index (κ1) is 18.2. The summed E-state index contributed by atoms with van der Waals surface area (Å²) in [5.74, 6) is -0.574. The highest BCUT2D eigenvalue weighted by atomic mass is 16.4. The third-order valence-electron chi connectivity index (χ3n) is 5.14. The summed E-state index contributed by atoms with van der Waals surface area (Å²) < 4.78 is 1.76. The zero-order valence-electron chi connectivity index (χ0n) is 14.9. The van der Waals surface area contributed by atoms with Crippen molar-refractivity contribution in [1.29, 1.82) is 0 Å². The van der Waals surface area contributed by atoms with Crippen molar-refractivity contribution >= 4 is 23.7 Å². The minimum absolute atomic E-state index is 0.125. The normalized spacial score (nSPS) is 21.7. The molecule has 1 atom stereocenters. The molecule has 9 heteroatoms. The van der Waals surface area contributed by atoms with E-state index in [1.54, 1.807) is 20.7 Å². The molecule has 1 aromatic rings. The van der Waals surface area contributed by atoms with Crippen LogP contribution < -0.4 is 10.2 Å². The molecular weight excluding hydrogens is 338 g/mol. The van der Waals surface area contributed by atoms with Gasteiger partial charge < -0.3 is 15.3 Å². The molecule has 0 spiro atoms. The average molecular weight is 363 g/mol. The van der Waals surface area contributed by atoms with Crippen LogP contribution in [-0.2, 0) is 16.1 Å². The third kappa shape index (κ3) is 3.66. The Bertz CT molecular complexity index is 680. The Hall–Kier alpha value is -2.58. The van der Waals surface area contributed by atoms with Crippen molar-refractivity contribution in [2.45, 2.75) is 45.2 Å². The van der Waals surface area contributed by atoms with Gasteiger partial charge in [0.05, 0.1) is 12.1 Å². The van der Waals surface area contributed by atoms with Gasteiger partial charge in [-0.2, -0.15) is 5.10 Å². The van der Waals surface area contributed by atoms with E-state index in [9.17, 15) is 14.4 Å². The molecule has 3 heterocycles. The lowest BCUT2D eigenvalue weighted by molar-refractivity contribution is -0.143. The fourth-order valence-corrected chi connectivity index (χ4v) is 3.61. The van der Waals surface area contributed by atoms with Gasteiger partial charge in [-0.15, -0.1) is 0 Å². The Labute approximate surface area is 151 Å². The molecule has 3 rings (SSSR count). The lowest BCUT2D eigenvalue weighted by Crippen LogP contribution is -2.56. The largest absolute Gasteiger partial charge is 0.481 e. The molecule has 142 valence electrons. The topological polar surface area (TPSA) is 108 Å². The molecule has 2 saturated heterocycles. The average Bonchev–Trinajstić information content (AvgIpc) is 3.12. The summed E-state index contributed by atoms with van der Waals surface area (Å²) in [4.78, 5) is 39.6. The van der Waals surface area contributed by atoms with Crippen molar-refractivity contribution in [1.82, 2.24) is 20.0 Å². The third-order valence-corrected chi connectivity index (χ3v) is 5.14. The van der Waals surface area contributed by atoms with E-state index in [1.807, 2.05) is 13.0 Å². The minimum Gasteiger partial charge on any atom is -0.481 e. The van der Waals surface area contributed by atoms with Gasteiger partial charge in [-0.25, -0.2) is 9.48 Å². The number of piperidine rings is 2. The number of urea groups is 1. The zero-order chi connectivity index (χ0) is 18.7. The summed E-state index contributed by atoms with van der Waals surface area (Å²) in [6.07, 6.45) is 3.97. The molecule has 0 aliphatic carbocycles. The van der Waals surface area contributed by atoms with Crippen LogP contribution in [0.4, 0.5) is 10.6 Å². The van der Waals surface area contributed by atoms with Crippen molar-refractivity contribution in [3.63, 3.8) is 0 Å². The number of nitrogens with zero attached hydrogens (tertiary/aromatic N) is 4. The van der Waals surface area contributed by atoms with Crippen LogP contribution in [0.1, 0.15) is 32.6 Å². The summed E-state index contributed by atoms with van der Waals surface area (Å²) in [6, 6.07) is 0.953. The number of nitrogens with one attached hydrogen (secondary N) is 1. The molecule has 0 radical (unpaired) electrons. The molecule has 26 heavy (non-hydrogen) atoms. The number of hydrogen-bond acceptors (Lipinski definition) is 4. The molecule has 1 unspecified atom stereocenters. The number of carboxylic acid groups (broad SMARTS) is 1. The first-order valence-electron chi connectivity index (χ1n) is 9.12. The van der Waals surface area contributed by atoms with Gasteiger partial charge in [0.1, 0.15) is 11.9 Å². The number of aryl methyl sites for hydroxylation is 1. The molecule has 2 aliphatic rings. The maximum Gasteiger partial charge on any atom is 0.318 e. The lowest BCUT2D eigenvalue weighted by atomic mass is 9.97. The second-order valence-corrected chi connectivity index (χ2v) is 6.74. The molecule has 2 N–H and O–H groups in total. The van der Waals surface area contributed by atoms with Crippen molar-refractivity contribution in [3.05, 3.63) is 12.3 Å². The van der Waals surface area contributed by atoms with Gasteiger partial charge in [0, 0.05) is 32.2 Å². The minimum atomic E-state index is -0.810. The highest BCUT2D eigenvalue weighted by Crippen LogP contribution is 2.22. The van der Waals surface area contributed by atoms with E-state index in [4.69, 9.17) is 5.11 Å². The number of aromatic nitrogens is 2. The summed E-state index contributed by atoms with van der Waals surface area (Å²) in [5, 5.41) is 16.1. The number of aliphatic carboxylic acids is 1. The number of carbonyl (C=O) groups excluding carboxylic acids is 2. The summed E-state index contributed by atoms with van der Waals surface area (Å²) >= 11 is 0. The molecular formula is C17H25N5O4. The van der Waals surface area contributed by atoms with Crippen LogP contribution in [-0.4, -0.2) is 63.4 Å². The Morgan fingerprint density at radius 3 is 2.65 bits per heavy atom. The van der Waals surface area contributed by atoms with Crippen LogP contribution >= 0.6 is 0 Å². The van der Waals surface area contributed by atoms with E-state index in [0.29, 0.717) is 45.4 Å². The molecule has 2 fully saturated rings. The SMILES string of the molecule is CCn1nccc1N1CCCC(NC(=O)N2CCC(C(=O)O)CC2)C1=O. The maximum atomic E-state index is 12.8. The predicted molar refractivity (Wildman–Crippen MR) is 93.7 cm³/mol. The molecule has 1 aromatic heterocycles. The highest BCUT2D eigenvalue weighted by Gasteiger charge is 2.34. The Morgan fingerprint density at radius 1 is 1.27 bits per heavy atom. The summed E-state index contributed by atoms with van der Waals surface area (Å²) in [6.45, 7) is 4.04. The number of carboxylic acids is 1. The first-order chi connectivity index (χ1) is 12.5. The van der Waals surface area contributed by atoms with E-state index in [2.05, 4.69) is 10.4 Å². The fourth-order valence-electron chi connectivity index (χ4n) is 3.61. The van der Waals surface area contributed by atoms with E-state index >= 15 is 0 Å². The van der Waals surface area contributed by atoms with E-state index < -0.39 is 12.0 Å². The van der Waals surface area contributed by atoms with Gasteiger partial charge in [0.2, 0.25) is 0 Å². The maximum absolute atomic E-state index is 12.8. The molecule has 0 saturated carbocycles. The monoisotopic (exact) mass is 363 g/mol. The second-order valence-electron chi connectivity index (χ2n) is 6.74. The zero-order valence-corrected chi connectivity index (χ0v) is 14.9. The first-order valence-corrected chi connectivity index (χ1v) is 9.12. The predicted octanol–water partition coefficient (Wildman–Crippen LogP) is 0.905. The molecule has 3 amide bonds. The Balaban J connectivity index is 1.60. The highest BCUT2D eigenvalue weighted by molar-refractivity contribution is 5.99. The quantitative estimate of drug-likeness (QED) is 0.826. The van der Waals surface area contributed by atoms with Gasteiger partial charge in [0.25, 0.3) is 5.91 Å². The number of hydrogen-bond donors (Lipinski definition) is 2. The van der Waals surface area contributed by atoms with Crippen molar-refractivity contribution in [3.8, 4) is 0 Å². The molecule has 0 bridgehead atoms. The summed E-state index contributed by atoms with van der Waals surface area (Å²) in [5.41, 5.74) is 0. The van der Waals surface area contributed by atoms with Gasteiger partial charge in [-0.1, -0.05) is 0 Å². The van der Waals surface area contributed by atoms with Gasteiger partial charge >= 0.3 is 12.0 Å². The van der Waals surface area contributed by atoms with Crippen molar-refractivity contribution in [2.75, 3.05) is 24.5 Å². The van der Waals surface area contributed by atoms with E-state index in [1.165, 1.54) is 0 Å². The van der Waals surface area contributed by atoms with Crippen LogP contribution in [0.2, 0.25) is 0 Å². The van der Waals surface area contributed by atoms with Crippen LogP contribution in [0.5, 0.6) is 0 Å². The molecule has 2 aliphatic heterocycles. The van der Waals surface area contributed by atoms with E-state index in [-0.39, 0.29) is 17.9 Å². The smallest absolute Gasteiger partial charge is 0.318 e. The van der Waals surface area contributed by atoms with Crippen molar-refractivity contribution < 1.29 is 19.5 Å². The van der Waals surface area contributed by atoms with Crippen LogP contribution in [0.25, 0.3) is 0 Å². The second kappa shape index (κ2) is 7.76. The number of rotatable bonds is 4. The Kier molecular flexibility index (Phi) is 5.43. The van der Waals surface area contributed by atoms with Crippen LogP contribution in [0.3, 0.4) is 0 Å². The summed E-state index contributed by atoms with van der Waals surface area (Å²) in [7, 11) is 0. The molecule has 0 aromatic carbocycles. The van der Waals surface area contributed by atoms with Crippen molar-refractivity contribution in [2.24, 2.45) is 5.92 Å². The Morgan fingerprint density at radius 2 is 2.00 bits per heavy atom. The van der Waals surface area contributed by atoms with Crippen LogP contribution in [0, 0.1) is 5.92 Å². The standard InChI is InChI=1S/C17H25N5O4/c1-2-22-14(5-8-18-22)21-9-3-4-13(15(21)23)19-17(26)20-10-6-12(7-11-20)16(24)25/h5,8,12-13H,2-4,6-7,9-11H2,1H3,(H,19,26)(H,24,25). The number of carbonyl (C=O) groups is 3. The van der Waals surface area contributed by atoms with Gasteiger partial charge in [0.15, 0.2) is 0 Å². The number of anilines is 1. The van der Waals surface area contributed by atoms with E-state index in [0.717, 1.165) is 12.2 Å². The van der Waals surface area contributed by atoms with Gasteiger partial charge in [-0.3, -0.25) is 14.5 Å². The van der Waals surface area contributed by atoms with Crippen LogP contribution in [0.15, 0.2) is 12.3 Å². The number of likely N-dealkylation sites (tertiary alicyclic amines) is 1. The van der Waals surface area contributed by atoms with Gasteiger partial charge in [-0.05, 0) is 32.6 Å².